The minimum absolute atomic E-state index is 0.0821. The molecule has 0 saturated heterocycles. The Morgan fingerprint density at radius 3 is 2.55 bits per heavy atom. The maximum absolute atomic E-state index is 9.24. The first-order chi connectivity index (χ1) is 9.73. The number of hydrogen-bond donors (Lipinski definition) is 3. The Balaban J connectivity index is 2.83. The van der Waals surface area contributed by atoms with E-state index >= 15 is 0 Å². The summed E-state index contributed by atoms with van der Waals surface area (Å²) in [6.45, 7) is 5.41. The van der Waals surface area contributed by atoms with Gasteiger partial charge in [0.2, 0.25) is 11.9 Å². The molecule has 1 rings (SSSR count). The van der Waals surface area contributed by atoms with Crippen LogP contribution in [0.4, 0.5) is 11.9 Å². The maximum atomic E-state index is 9.24. The molecule has 1 aromatic rings. The lowest BCUT2D eigenvalue weighted by Crippen LogP contribution is -2.30. The molecule has 0 aromatic carbocycles. The van der Waals surface area contributed by atoms with Gasteiger partial charge in [0, 0.05) is 13.7 Å². The lowest BCUT2D eigenvalue weighted by molar-refractivity contribution is 0.153. The summed E-state index contributed by atoms with van der Waals surface area (Å²) in [6, 6.07) is -0.0337. The molecule has 8 nitrogen and oxygen atoms in total. The summed E-state index contributed by atoms with van der Waals surface area (Å²) in [5, 5.41) is 15.3. The molecule has 0 radical (unpaired) electrons. The number of hydrogen-bond acceptors (Lipinski definition) is 8. The van der Waals surface area contributed by atoms with Crippen LogP contribution in [0.2, 0.25) is 0 Å². The van der Waals surface area contributed by atoms with E-state index in [4.69, 9.17) is 9.47 Å². The minimum atomic E-state index is -0.282. The molecular weight excluding hydrogens is 262 g/mol. The first-order valence-corrected chi connectivity index (χ1v) is 6.72. The zero-order chi connectivity index (χ0) is 14.8. The highest BCUT2D eigenvalue weighted by molar-refractivity contribution is 5.36. The second-order valence-electron chi connectivity index (χ2n) is 4.10. The summed E-state index contributed by atoms with van der Waals surface area (Å²) in [7, 11) is 1.57. The van der Waals surface area contributed by atoms with Crippen LogP contribution in [-0.2, 0) is 4.74 Å². The maximum Gasteiger partial charge on any atom is 0.323 e. The van der Waals surface area contributed by atoms with Crippen molar-refractivity contribution in [3.05, 3.63) is 0 Å². The van der Waals surface area contributed by atoms with E-state index in [1.165, 1.54) is 0 Å². The molecule has 0 aliphatic heterocycles. The number of aliphatic hydroxyl groups excluding tert-OH is 1. The second kappa shape index (κ2) is 9.27. The average molecular weight is 285 g/mol. The summed E-state index contributed by atoms with van der Waals surface area (Å²) in [5.41, 5.74) is 0. The van der Waals surface area contributed by atoms with Crippen molar-refractivity contribution in [1.82, 2.24) is 15.0 Å². The Morgan fingerprint density at radius 1 is 1.20 bits per heavy atom. The molecule has 0 aliphatic carbocycles. The van der Waals surface area contributed by atoms with Crippen LogP contribution in [0.1, 0.15) is 20.3 Å². The smallest absolute Gasteiger partial charge is 0.323 e. The molecule has 0 spiro atoms. The van der Waals surface area contributed by atoms with Gasteiger partial charge in [-0.15, -0.1) is 0 Å². The second-order valence-corrected chi connectivity index (χ2v) is 4.10. The Morgan fingerprint density at radius 2 is 1.95 bits per heavy atom. The van der Waals surface area contributed by atoms with Gasteiger partial charge in [0.15, 0.2) is 0 Å². The topological polar surface area (TPSA) is 101 Å². The number of nitrogens with zero attached hydrogens (tertiary/aromatic N) is 3. The van der Waals surface area contributed by atoms with E-state index in [9.17, 15) is 5.11 Å². The molecule has 0 fully saturated rings. The van der Waals surface area contributed by atoms with Gasteiger partial charge in [-0.2, -0.15) is 15.0 Å². The Labute approximate surface area is 118 Å². The molecule has 0 amide bonds. The molecule has 3 N–H and O–H groups in total. The van der Waals surface area contributed by atoms with Gasteiger partial charge in [-0.05, 0) is 13.3 Å². The zero-order valence-corrected chi connectivity index (χ0v) is 12.2. The third-order valence-corrected chi connectivity index (χ3v) is 2.34. The molecule has 8 heteroatoms. The Hall–Kier alpha value is -1.67. The van der Waals surface area contributed by atoms with Crippen LogP contribution in [0.15, 0.2) is 0 Å². The fraction of sp³-hybridized carbons (Fsp3) is 0.750. The standard InChI is InChI=1S/C12H23N5O3/c1-4-6-13-10-15-11(14-9(7-18)8-19-3)17-12(16-10)20-5-2/h9,18H,4-8H2,1-3H3,(H2,13,14,15,16,17). The molecule has 0 saturated carbocycles. The van der Waals surface area contributed by atoms with E-state index in [2.05, 4.69) is 32.5 Å². The molecule has 0 bridgehead atoms. The summed E-state index contributed by atoms with van der Waals surface area (Å²) in [4.78, 5) is 12.5. The lowest BCUT2D eigenvalue weighted by atomic mass is 10.3. The average Bonchev–Trinajstić information content (AvgIpc) is 2.45. The van der Waals surface area contributed by atoms with Crippen molar-refractivity contribution >= 4 is 11.9 Å². The lowest BCUT2D eigenvalue weighted by Gasteiger charge is -2.16. The minimum Gasteiger partial charge on any atom is -0.464 e. The van der Waals surface area contributed by atoms with Crippen LogP contribution >= 0.6 is 0 Å². The van der Waals surface area contributed by atoms with Gasteiger partial charge in [0.05, 0.1) is 25.9 Å². The third kappa shape index (κ3) is 5.54. The molecule has 1 aromatic heterocycles. The number of methoxy groups -OCH3 is 1. The van der Waals surface area contributed by atoms with E-state index < -0.39 is 0 Å². The molecule has 1 atom stereocenters. The molecule has 1 unspecified atom stereocenters. The number of aromatic nitrogens is 3. The van der Waals surface area contributed by atoms with Gasteiger partial charge in [-0.3, -0.25) is 0 Å². The van der Waals surface area contributed by atoms with E-state index in [1.54, 1.807) is 7.11 Å². The molecule has 20 heavy (non-hydrogen) atoms. The van der Waals surface area contributed by atoms with Crippen molar-refractivity contribution in [2.24, 2.45) is 0 Å². The number of aliphatic hydroxyl groups is 1. The van der Waals surface area contributed by atoms with Gasteiger partial charge >= 0.3 is 6.01 Å². The monoisotopic (exact) mass is 285 g/mol. The normalized spacial score (nSPS) is 12.0. The van der Waals surface area contributed by atoms with E-state index in [0.29, 0.717) is 25.1 Å². The number of rotatable bonds is 10. The van der Waals surface area contributed by atoms with Crippen molar-refractivity contribution in [3.8, 4) is 6.01 Å². The van der Waals surface area contributed by atoms with Gasteiger partial charge in [0.25, 0.3) is 0 Å². The van der Waals surface area contributed by atoms with E-state index in [-0.39, 0.29) is 18.7 Å². The molecule has 0 aliphatic rings. The fourth-order valence-electron chi connectivity index (χ4n) is 1.45. The summed E-state index contributed by atoms with van der Waals surface area (Å²) >= 11 is 0. The van der Waals surface area contributed by atoms with Crippen LogP contribution in [0.5, 0.6) is 6.01 Å². The Bertz CT molecular complexity index is 391. The van der Waals surface area contributed by atoms with Gasteiger partial charge in [-0.25, -0.2) is 0 Å². The first kappa shape index (κ1) is 16.4. The van der Waals surface area contributed by atoms with Crippen LogP contribution in [0, 0.1) is 0 Å². The van der Waals surface area contributed by atoms with Crippen LogP contribution in [0.3, 0.4) is 0 Å². The molecule has 114 valence electrons. The summed E-state index contributed by atoms with van der Waals surface area (Å²) < 4.78 is 10.3. The van der Waals surface area contributed by atoms with Crippen molar-refractivity contribution in [2.75, 3.05) is 44.1 Å². The van der Waals surface area contributed by atoms with Crippen molar-refractivity contribution in [1.29, 1.82) is 0 Å². The Kier molecular flexibility index (Phi) is 7.59. The largest absolute Gasteiger partial charge is 0.464 e. The predicted molar refractivity (Wildman–Crippen MR) is 76.1 cm³/mol. The van der Waals surface area contributed by atoms with Crippen LogP contribution in [0.25, 0.3) is 0 Å². The molecule has 1 heterocycles. The van der Waals surface area contributed by atoms with Crippen molar-refractivity contribution < 1.29 is 14.6 Å². The zero-order valence-electron chi connectivity index (χ0n) is 12.2. The molecular formula is C12H23N5O3. The highest BCUT2D eigenvalue weighted by Gasteiger charge is 2.12. The highest BCUT2D eigenvalue weighted by atomic mass is 16.5. The summed E-state index contributed by atoms with van der Waals surface area (Å²) in [5.74, 6) is 0.792. The SMILES string of the molecule is CCCNc1nc(NC(CO)COC)nc(OCC)n1. The fourth-order valence-corrected chi connectivity index (χ4v) is 1.45. The van der Waals surface area contributed by atoms with Gasteiger partial charge < -0.3 is 25.2 Å². The van der Waals surface area contributed by atoms with Crippen molar-refractivity contribution in [3.63, 3.8) is 0 Å². The number of nitrogens with one attached hydrogen (secondary N) is 2. The third-order valence-electron chi connectivity index (χ3n) is 2.34. The summed E-state index contributed by atoms with van der Waals surface area (Å²) in [6.07, 6.45) is 0.960. The number of ether oxygens (including phenoxy) is 2. The first-order valence-electron chi connectivity index (χ1n) is 6.72. The van der Waals surface area contributed by atoms with Gasteiger partial charge in [-0.1, -0.05) is 6.92 Å². The van der Waals surface area contributed by atoms with Gasteiger partial charge in [0.1, 0.15) is 0 Å². The highest BCUT2D eigenvalue weighted by Crippen LogP contribution is 2.12. The van der Waals surface area contributed by atoms with Crippen LogP contribution in [-0.4, -0.2) is 59.6 Å². The predicted octanol–water partition coefficient (Wildman–Crippen LogP) is 0.511. The van der Waals surface area contributed by atoms with E-state index in [0.717, 1.165) is 13.0 Å². The van der Waals surface area contributed by atoms with Crippen LogP contribution < -0.4 is 15.4 Å². The number of anilines is 2. The van der Waals surface area contributed by atoms with E-state index in [1.807, 2.05) is 6.92 Å². The van der Waals surface area contributed by atoms with Crippen molar-refractivity contribution in [2.45, 2.75) is 26.3 Å². The quantitative estimate of drug-likeness (QED) is 0.571.